The molecule has 15 heavy (non-hydrogen) atoms. The fraction of sp³-hybridized carbons (Fsp3) is 0. The van der Waals surface area contributed by atoms with Crippen molar-refractivity contribution in [2.45, 2.75) is 0 Å². The first-order chi connectivity index (χ1) is 7.29. The van der Waals surface area contributed by atoms with Gasteiger partial charge in [0.2, 0.25) is 0 Å². The zero-order valence-electron chi connectivity index (χ0n) is 7.74. The van der Waals surface area contributed by atoms with E-state index in [1.54, 1.807) is 0 Å². The van der Waals surface area contributed by atoms with Gasteiger partial charge in [0, 0.05) is 11.5 Å². The maximum atomic E-state index is 9.98. The van der Waals surface area contributed by atoms with Crippen molar-refractivity contribution < 1.29 is 9.90 Å². The molecule has 0 aliphatic heterocycles. The molecule has 0 unspecified atom stereocenters. The third kappa shape index (κ3) is 4.83. The molecule has 1 N–H and O–H groups in total. The second-order valence-electron chi connectivity index (χ2n) is 2.42. The van der Waals surface area contributed by atoms with Crippen LogP contribution in [-0.2, 0) is 4.79 Å². The van der Waals surface area contributed by atoms with E-state index < -0.39 is 5.97 Å². The van der Waals surface area contributed by atoms with Crippen LogP contribution in [-0.4, -0.2) is 11.1 Å². The predicted octanol–water partition coefficient (Wildman–Crippen LogP) is 1.13. The van der Waals surface area contributed by atoms with E-state index in [0.29, 0.717) is 0 Å². The van der Waals surface area contributed by atoms with Crippen LogP contribution in [0, 0.1) is 35.5 Å². The van der Waals surface area contributed by atoms with E-state index in [4.69, 9.17) is 5.11 Å². The van der Waals surface area contributed by atoms with Crippen LogP contribution in [0.2, 0.25) is 0 Å². The highest BCUT2D eigenvalue weighted by Crippen LogP contribution is 1.93. The summed E-state index contributed by atoms with van der Waals surface area (Å²) in [5.41, 5.74) is 0.859. The number of benzene rings is 1. The molecule has 2 nitrogen and oxygen atoms in total. The highest BCUT2D eigenvalue weighted by atomic mass is 16.4. The lowest BCUT2D eigenvalue weighted by atomic mass is 10.2. The molecular weight excluding hydrogens is 188 g/mol. The van der Waals surface area contributed by atoms with E-state index in [-0.39, 0.29) is 0 Å². The first-order valence-electron chi connectivity index (χ1n) is 4.09. The van der Waals surface area contributed by atoms with Crippen molar-refractivity contribution in [1.29, 1.82) is 0 Å². The molecule has 0 aliphatic rings. The van der Waals surface area contributed by atoms with Gasteiger partial charge in [-0.05, 0) is 35.8 Å². The van der Waals surface area contributed by atoms with Crippen molar-refractivity contribution >= 4 is 5.97 Å². The Bertz CT molecular complexity index is 522. The lowest BCUT2D eigenvalue weighted by Gasteiger charge is -1.83. The molecule has 0 bridgehead atoms. The van der Waals surface area contributed by atoms with Crippen LogP contribution >= 0.6 is 0 Å². The Morgan fingerprint density at radius 1 is 1.00 bits per heavy atom. The Hall–Kier alpha value is -2.63. The van der Waals surface area contributed by atoms with E-state index in [1.165, 1.54) is 0 Å². The van der Waals surface area contributed by atoms with Crippen molar-refractivity contribution in [2.24, 2.45) is 0 Å². The first kappa shape index (κ1) is 10.5. The lowest BCUT2D eigenvalue weighted by molar-refractivity contribution is -0.130. The number of carboxylic acid groups (broad SMARTS) is 1. The van der Waals surface area contributed by atoms with E-state index in [2.05, 4.69) is 29.6 Å². The summed E-state index contributed by atoms with van der Waals surface area (Å²) in [6, 6.07) is 9.37. The van der Waals surface area contributed by atoms with Crippen molar-refractivity contribution in [2.75, 3.05) is 0 Å². The summed E-state index contributed by atoms with van der Waals surface area (Å²) in [6.07, 6.45) is 0. The van der Waals surface area contributed by atoms with E-state index in [1.807, 2.05) is 36.3 Å². The largest absolute Gasteiger partial charge is 0.472 e. The molecule has 1 aromatic carbocycles. The maximum absolute atomic E-state index is 9.98. The lowest BCUT2D eigenvalue weighted by Crippen LogP contribution is -1.85. The molecule has 0 aliphatic carbocycles. The standard InChI is InChI=1S/C13H6O2/c14-13(15)11-7-2-1-4-8-12-9-5-3-6-10-12/h3,5-6,9-10H,(H,14,15). The fourth-order valence-electron chi connectivity index (χ4n) is 0.772. The summed E-state index contributed by atoms with van der Waals surface area (Å²) in [5.74, 6) is 13.0. The minimum absolute atomic E-state index is 0.859. The molecular formula is C13H6O2. The number of rotatable bonds is 0. The van der Waals surface area contributed by atoms with Crippen LogP contribution in [0.4, 0.5) is 0 Å². The molecule has 1 rings (SSSR count). The number of carbonyl (C=O) groups is 1. The summed E-state index contributed by atoms with van der Waals surface area (Å²) in [6.45, 7) is 0. The first-order valence-corrected chi connectivity index (χ1v) is 4.09. The molecule has 0 atom stereocenters. The highest BCUT2D eigenvalue weighted by molar-refractivity contribution is 5.87. The second-order valence-corrected chi connectivity index (χ2v) is 2.42. The minimum atomic E-state index is -1.19. The molecule has 0 amide bonds. The summed E-state index contributed by atoms with van der Waals surface area (Å²) in [4.78, 5) is 9.98. The third-order valence-electron chi connectivity index (χ3n) is 1.34. The second kappa shape index (κ2) is 5.92. The summed E-state index contributed by atoms with van der Waals surface area (Å²) in [5, 5.41) is 8.17. The molecule has 2 heteroatoms. The Morgan fingerprint density at radius 2 is 1.67 bits per heavy atom. The van der Waals surface area contributed by atoms with Crippen LogP contribution in [0.3, 0.4) is 0 Å². The SMILES string of the molecule is O=C(O)C#CC#CC#Cc1ccccc1. The molecule has 0 spiro atoms. The summed E-state index contributed by atoms with van der Waals surface area (Å²) < 4.78 is 0. The van der Waals surface area contributed by atoms with Crippen LogP contribution in [0.5, 0.6) is 0 Å². The van der Waals surface area contributed by atoms with Gasteiger partial charge in [-0.2, -0.15) is 0 Å². The molecule has 0 heterocycles. The fourth-order valence-corrected chi connectivity index (χ4v) is 0.772. The van der Waals surface area contributed by atoms with E-state index in [0.717, 1.165) is 5.56 Å². The summed E-state index contributed by atoms with van der Waals surface area (Å²) >= 11 is 0. The van der Waals surface area contributed by atoms with Crippen LogP contribution in [0.25, 0.3) is 0 Å². The molecule has 0 aromatic heterocycles. The van der Waals surface area contributed by atoms with Gasteiger partial charge < -0.3 is 5.11 Å². The smallest absolute Gasteiger partial charge is 0.382 e. The van der Waals surface area contributed by atoms with Crippen molar-refractivity contribution in [3.05, 3.63) is 35.9 Å². The zero-order valence-corrected chi connectivity index (χ0v) is 7.74. The quantitative estimate of drug-likeness (QED) is 0.628. The number of hydrogen-bond acceptors (Lipinski definition) is 1. The number of hydrogen-bond donors (Lipinski definition) is 1. The minimum Gasteiger partial charge on any atom is -0.472 e. The number of carboxylic acids is 1. The van der Waals surface area contributed by atoms with Gasteiger partial charge in [0.25, 0.3) is 0 Å². The van der Waals surface area contributed by atoms with Crippen molar-refractivity contribution in [1.82, 2.24) is 0 Å². The van der Waals surface area contributed by atoms with Gasteiger partial charge in [-0.25, -0.2) is 4.79 Å². The molecule has 0 fully saturated rings. The normalized spacial score (nSPS) is 6.93. The predicted molar refractivity (Wildman–Crippen MR) is 56.5 cm³/mol. The van der Waals surface area contributed by atoms with Gasteiger partial charge in [0.15, 0.2) is 0 Å². The van der Waals surface area contributed by atoms with Gasteiger partial charge in [0.1, 0.15) is 0 Å². The summed E-state index contributed by atoms with van der Waals surface area (Å²) in [7, 11) is 0. The van der Waals surface area contributed by atoms with Crippen LogP contribution < -0.4 is 0 Å². The van der Waals surface area contributed by atoms with Gasteiger partial charge >= 0.3 is 5.97 Å². The molecule has 0 saturated carbocycles. The van der Waals surface area contributed by atoms with Gasteiger partial charge in [-0.1, -0.05) is 24.1 Å². The van der Waals surface area contributed by atoms with Gasteiger partial charge in [-0.3, -0.25) is 0 Å². The van der Waals surface area contributed by atoms with Gasteiger partial charge in [-0.15, -0.1) is 0 Å². The van der Waals surface area contributed by atoms with Crippen LogP contribution in [0.1, 0.15) is 5.56 Å². The monoisotopic (exact) mass is 194 g/mol. The maximum Gasteiger partial charge on any atom is 0.382 e. The zero-order chi connectivity index (χ0) is 10.9. The Morgan fingerprint density at radius 3 is 2.33 bits per heavy atom. The topological polar surface area (TPSA) is 37.3 Å². The Balaban J connectivity index is 2.63. The van der Waals surface area contributed by atoms with E-state index in [9.17, 15) is 4.79 Å². The van der Waals surface area contributed by atoms with Crippen molar-refractivity contribution in [3.8, 4) is 35.5 Å². The Kier molecular flexibility index (Phi) is 4.13. The molecule has 70 valence electrons. The molecule has 1 aromatic rings. The average molecular weight is 194 g/mol. The Labute approximate surface area is 87.9 Å². The number of aliphatic carboxylic acids is 1. The van der Waals surface area contributed by atoms with Crippen molar-refractivity contribution in [3.63, 3.8) is 0 Å². The van der Waals surface area contributed by atoms with Crippen LogP contribution in [0.15, 0.2) is 30.3 Å². The third-order valence-corrected chi connectivity index (χ3v) is 1.34. The molecule has 0 radical (unpaired) electrons. The molecule has 0 saturated heterocycles. The average Bonchev–Trinajstić information content (AvgIpc) is 2.24. The van der Waals surface area contributed by atoms with Gasteiger partial charge in [0.05, 0.1) is 0 Å². The van der Waals surface area contributed by atoms with E-state index >= 15 is 0 Å². The highest BCUT2D eigenvalue weighted by Gasteiger charge is 1.79.